The second-order valence-electron chi connectivity index (χ2n) is 5.69. The SMILES string of the molecule is CC(C)CCCCCCNc1cc(N)ccc1C(N)=O. The Morgan fingerprint density at radius 3 is 2.55 bits per heavy atom. The first-order valence-corrected chi connectivity index (χ1v) is 7.44. The molecule has 1 aromatic rings. The van der Waals surface area contributed by atoms with E-state index in [0.717, 1.165) is 24.6 Å². The second kappa shape index (κ2) is 8.46. The summed E-state index contributed by atoms with van der Waals surface area (Å²) in [6.07, 6.45) is 6.15. The first-order valence-electron chi connectivity index (χ1n) is 7.44. The van der Waals surface area contributed by atoms with Gasteiger partial charge >= 0.3 is 0 Å². The lowest BCUT2D eigenvalue weighted by atomic mass is 10.0. The van der Waals surface area contributed by atoms with Crippen molar-refractivity contribution in [2.75, 3.05) is 17.6 Å². The number of anilines is 2. The zero-order valence-corrected chi connectivity index (χ0v) is 12.6. The molecule has 0 heterocycles. The summed E-state index contributed by atoms with van der Waals surface area (Å²) in [7, 11) is 0. The van der Waals surface area contributed by atoms with E-state index in [9.17, 15) is 4.79 Å². The Morgan fingerprint density at radius 1 is 1.20 bits per heavy atom. The number of benzene rings is 1. The van der Waals surface area contributed by atoms with E-state index in [2.05, 4.69) is 19.2 Å². The minimum Gasteiger partial charge on any atom is -0.399 e. The molecule has 112 valence electrons. The maximum Gasteiger partial charge on any atom is 0.250 e. The molecule has 0 aliphatic rings. The summed E-state index contributed by atoms with van der Waals surface area (Å²) in [5.74, 6) is 0.364. The molecule has 0 radical (unpaired) electrons. The highest BCUT2D eigenvalue weighted by Gasteiger charge is 2.07. The first-order chi connectivity index (χ1) is 9.50. The molecule has 0 fully saturated rings. The average molecular weight is 277 g/mol. The molecule has 0 atom stereocenters. The molecule has 0 aliphatic carbocycles. The predicted octanol–water partition coefficient (Wildman–Crippen LogP) is 3.39. The van der Waals surface area contributed by atoms with Crippen LogP contribution < -0.4 is 16.8 Å². The molecule has 0 saturated heterocycles. The predicted molar refractivity (Wildman–Crippen MR) is 85.8 cm³/mol. The number of nitrogens with two attached hydrogens (primary N) is 2. The molecule has 0 unspecified atom stereocenters. The molecule has 1 rings (SSSR count). The average Bonchev–Trinajstić information content (AvgIpc) is 2.37. The van der Waals surface area contributed by atoms with Gasteiger partial charge in [-0.2, -0.15) is 0 Å². The summed E-state index contributed by atoms with van der Waals surface area (Å²) in [5, 5.41) is 3.25. The van der Waals surface area contributed by atoms with Crippen LogP contribution in [-0.2, 0) is 0 Å². The number of carbonyl (C=O) groups is 1. The van der Waals surface area contributed by atoms with E-state index in [4.69, 9.17) is 11.5 Å². The third kappa shape index (κ3) is 5.95. The minimum atomic E-state index is -0.426. The van der Waals surface area contributed by atoms with Crippen molar-refractivity contribution in [1.82, 2.24) is 0 Å². The Kier molecular flexibility index (Phi) is 6.91. The molecular formula is C16H27N3O. The van der Waals surface area contributed by atoms with E-state index in [1.165, 1.54) is 25.7 Å². The van der Waals surface area contributed by atoms with E-state index >= 15 is 0 Å². The van der Waals surface area contributed by atoms with Gasteiger partial charge in [-0.25, -0.2) is 0 Å². The van der Waals surface area contributed by atoms with Crippen molar-refractivity contribution in [3.8, 4) is 0 Å². The molecule has 1 aromatic carbocycles. The standard InChI is InChI=1S/C16H27N3O/c1-12(2)7-5-3-4-6-10-19-15-11-13(17)8-9-14(15)16(18)20/h8-9,11-12,19H,3-7,10,17H2,1-2H3,(H2,18,20). The van der Waals surface area contributed by atoms with Crippen LogP contribution in [0.1, 0.15) is 56.3 Å². The highest BCUT2D eigenvalue weighted by molar-refractivity contribution is 5.99. The fraction of sp³-hybridized carbons (Fsp3) is 0.562. The number of nitrogen functional groups attached to an aromatic ring is 1. The fourth-order valence-electron chi connectivity index (χ4n) is 2.18. The molecule has 20 heavy (non-hydrogen) atoms. The van der Waals surface area contributed by atoms with Crippen molar-refractivity contribution < 1.29 is 4.79 Å². The van der Waals surface area contributed by atoms with Crippen LogP contribution >= 0.6 is 0 Å². The van der Waals surface area contributed by atoms with Crippen molar-refractivity contribution in [2.24, 2.45) is 11.7 Å². The molecule has 4 heteroatoms. The zero-order chi connectivity index (χ0) is 15.0. The maximum atomic E-state index is 11.3. The van der Waals surface area contributed by atoms with Gasteiger partial charge in [0, 0.05) is 17.9 Å². The monoisotopic (exact) mass is 277 g/mol. The summed E-state index contributed by atoms with van der Waals surface area (Å²) in [6.45, 7) is 5.35. The number of primary amides is 1. The van der Waals surface area contributed by atoms with Gasteiger partial charge in [-0.15, -0.1) is 0 Å². The van der Waals surface area contributed by atoms with Crippen LogP contribution in [0, 0.1) is 5.92 Å². The fourth-order valence-corrected chi connectivity index (χ4v) is 2.18. The molecule has 0 spiro atoms. The number of amides is 1. The van der Waals surface area contributed by atoms with Crippen LogP contribution in [0.2, 0.25) is 0 Å². The van der Waals surface area contributed by atoms with Crippen molar-refractivity contribution in [3.05, 3.63) is 23.8 Å². The summed E-state index contributed by atoms with van der Waals surface area (Å²) >= 11 is 0. The lowest BCUT2D eigenvalue weighted by molar-refractivity contribution is 0.100. The van der Waals surface area contributed by atoms with Gasteiger partial charge in [-0.3, -0.25) is 4.79 Å². The number of unbranched alkanes of at least 4 members (excludes halogenated alkanes) is 3. The zero-order valence-electron chi connectivity index (χ0n) is 12.6. The second-order valence-corrected chi connectivity index (χ2v) is 5.69. The van der Waals surface area contributed by atoms with E-state index in [1.807, 2.05) is 0 Å². The molecule has 5 N–H and O–H groups in total. The third-order valence-corrected chi connectivity index (χ3v) is 3.33. The largest absolute Gasteiger partial charge is 0.399 e. The van der Waals surface area contributed by atoms with Crippen LogP contribution in [0.4, 0.5) is 11.4 Å². The van der Waals surface area contributed by atoms with Gasteiger partial charge in [-0.05, 0) is 30.5 Å². The Hall–Kier alpha value is -1.71. The Bertz CT molecular complexity index is 430. The summed E-state index contributed by atoms with van der Waals surface area (Å²) in [6, 6.07) is 5.12. The molecule has 0 aliphatic heterocycles. The maximum absolute atomic E-state index is 11.3. The number of hydrogen-bond acceptors (Lipinski definition) is 3. The van der Waals surface area contributed by atoms with Gasteiger partial charge in [0.1, 0.15) is 0 Å². The molecule has 1 amide bonds. The summed E-state index contributed by atoms with van der Waals surface area (Å²) < 4.78 is 0. The Morgan fingerprint density at radius 2 is 1.90 bits per heavy atom. The third-order valence-electron chi connectivity index (χ3n) is 3.33. The number of rotatable bonds is 9. The van der Waals surface area contributed by atoms with Gasteiger partial charge in [0.25, 0.3) is 5.91 Å². The van der Waals surface area contributed by atoms with Gasteiger partial charge in [0.15, 0.2) is 0 Å². The first kappa shape index (κ1) is 16.3. The van der Waals surface area contributed by atoms with Crippen LogP contribution in [0.15, 0.2) is 18.2 Å². The van der Waals surface area contributed by atoms with Gasteiger partial charge < -0.3 is 16.8 Å². The molecule has 0 saturated carbocycles. The normalized spacial score (nSPS) is 10.8. The quantitative estimate of drug-likeness (QED) is 0.478. The van der Waals surface area contributed by atoms with Crippen molar-refractivity contribution in [2.45, 2.75) is 46.0 Å². The van der Waals surface area contributed by atoms with Crippen LogP contribution in [0.25, 0.3) is 0 Å². The number of carbonyl (C=O) groups excluding carboxylic acids is 1. The van der Waals surface area contributed by atoms with E-state index in [0.29, 0.717) is 11.3 Å². The van der Waals surface area contributed by atoms with Crippen molar-refractivity contribution in [1.29, 1.82) is 0 Å². The number of hydrogen-bond donors (Lipinski definition) is 3. The summed E-state index contributed by atoms with van der Waals surface area (Å²) in [5.41, 5.74) is 12.9. The minimum absolute atomic E-state index is 0.426. The summed E-state index contributed by atoms with van der Waals surface area (Å²) in [4.78, 5) is 11.3. The van der Waals surface area contributed by atoms with Gasteiger partial charge in [-0.1, -0.05) is 39.5 Å². The van der Waals surface area contributed by atoms with E-state index < -0.39 is 5.91 Å². The highest BCUT2D eigenvalue weighted by Crippen LogP contribution is 2.19. The topological polar surface area (TPSA) is 81.1 Å². The molecular weight excluding hydrogens is 250 g/mol. The lowest BCUT2D eigenvalue weighted by Crippen LogP contribution is -2.15. The molecule has 4 nitrogen and oxygen atoms in total. The van der Waals surface area contributed by atoms with Gasteiger partial charge in [0.2, 0.25) is 0 Å². The molecule has 0 bridgehead atoms. The smallest absolute Gasteiger partial charge is 0.250 e. The van der Waals surface area contributed by atoms with Crippen molar-refractivity contribution in [3.63, 3.8) is 0 Å². The Balaban J connectivity index is 2.31. The van der Waals surface area contributed by atoms with E-state index in [1.54, 1.807) is 18.2 Å². The Labute approximate surface area is 121 Å². The highest BCUT2D eigenvalue weighted by atomic mass is 16.1. The lowest BCUT2D eigenvalue weighted by Gasteiger charge is -2.11. The van der Waals surface area contributed by atoms with Crippen LogP contribution in [0.5, 0.6) is 0 Å². The van der Waals surface area contributed by atoms with E-state index in [-0.39, 0.29) is 0 Å². The van der Waals surface area contributed by atoms with Crippen LogP contribution in [-0.4, -0.2) is 12.5 Å². The van der Waals surface area contributed by atoms with Crippen molar-refractivity contribution >= 4 is 17.3 Å². The van der Waals surface area contributed by atoms with Crippen LogP contribution in [0.3, 0.4) is 0 Å². The van der Waals surface area contributed by atoms with Gasteiger partial charge in [0.05, 0.1) is 5.56 Å². The number of nitrogens with one attached hydrogen (secondary N) is 1. The molecule has 0 aromatic heterocycles.